The summed E-state index contributed by atoms with van der Waals surface area (Å²) in [6.45, 7) is 1.79. The second kappa shape index (κ2) is 4.05. The van der Waals surface area contributed by atoms with Crippen molar-refractivity contribution < 1.29 is 4.74 Å². The lowest BCUT2D eigenvalue weighted by Crippen LogP contribution is -2.37. The molecule has 0 unspecified atom stereocenters. The van der Waals surface area contributed by atoms with Crippen LogP contribution in [0.3, 0.4) is 0 Å². The Balaban J connectivity index is 1.97. The highest BCUT2D eigenvalue weighted by Gasteiger charge is 2.10. The molecule has 0 aromatic carbocycles. The van der Waals surface area contributed by atoms with E-state index in [0.717, 1.165) is 18.8 Å². The fourth-order valence-electron chi connectivity index (χ4n) is 1.46. The van der Waals surface area contributed by atoms with Crippen LogP contribution in [0.5, 0.6) is 0 Å². The molecule has 3 heteroatoms. The van der Waals surface area contributed by atoms with Crippen LogP contribution < -0.4 is 0 Å². The molecule has 0 radical (unpaired) electrons. The number of hydrogen-bond acceptors (Lipinski definition) is 3. The Morgan fingerprint density at radius 3 is 2.57 bits per heavy atom. The normalized spacial score (nSPS) is 19.9. The fourth-order valence-corrected chi connectivity index (χ4v) is 1.46. The van der Waals surface area contributed by atoms with Crippen molar-refractivity contribution in [1.29, 1.82) is 0 Å². The van der Waals surface area contributed by atoms with E-state index in [4.69, 9.17) is 4.74 Å². The molecule has 0 saturated carbocycles. The van der Waals surface area contributed by atoms with Crippen LogP contribution in [0.2, 0.25) is 0 Å². The summed E-state index contributed by atoms with van der Waals surface area (Å²) >= 11 is 0. The lowest BCUT2D eigenvalue weighted by atomic mass is 10.3. The summed E-state index contributed by atoms with van der Waals surface area (Å²) in [6, 6.07) is 0. The first-order valence-electron chi connectivity index (χ1n) is 4.69. The summed E-state index contributed by atoms with van der Waals surface area (Å²) in [5, 5.41) is 4.29. The van der Waals surface area contributed by atoms with Crippen molar-refractivity contribution in [3.63, 3.8) is 0 Å². The maximum atomic E-state index is 5.12. The van der Waals surface area contributed by atoms with Gasteiger partial charge in [-0.05, 0) is 18.2 Å². The molecule has 0 atom stereocenters. The Hall–Kier alpha value is -1.64. The van der Waals surface area contributed by atoms with Crippen LogP contribution in [-0.4, -0.2) is 30.2 Å². The zero-order chi connectivity index (χ0) is 9.80. The van der Waals surface area contributed by atoms with Crippen molar-refractivity contribution in [2.24, 2.45) is 0 Å². The van der Waals surface area contributed by atoms with Gasteiger partial charge in [0.1, 0.15) is 5.76 Å². The minimum Gasteiger partial charge on any atom is -0.497 e. The zero-order valence-electron chi connectivity index (χ0n) is 8.26. The standard InChI is InChI=1S/C11H14N2O/c1-14-11-5-9-13(10-6-11)12-7-3-2-4-8-12/h2-7,9H,8,10H2,1H3. The number of allylic oxidation sites excluding steroid dienone is 3. The zero-order valence-corrected chi connectivity index (χ0v) is 8.26. The summed E-state index contributed by atoms with van der Waals surface area (Å²) < 4.78 is 5.12. The molecule has 0 N–H and O–H groups in total. The van der Waals surface area contributed by atoms with E-state index >= 15 is 0 Å². The first-order chi connectivity index (χ1) is 6.90. The highest BCUT2D eigenvalue weighted by Crippen LogP contribution is 2.12. The molecule has 3 nitrogen and oxygen atoms in total. The minimum absolute atomic E-state index is 0.859. The Bertz CT molecular complexity index is 315. The van der Waals surface area contributed by atoms with Crippen LogP contribution in [0, 0.1) is 0 Å². The van der Waals surface area contributed by atoms with Gasteiger partial charge in [0.05, 0.1) is 20.2 Å². The summed E-state index contributed by atoms with van der Waals surface area (Å²) in [5.41, 5.74) is 0. The van der Waals surface area contributed by atoms with Crippen LogP contribution in [0.4, 0.5) is 0 Å². The van der Waals surface area contributed by atoms with Crippen LogP contribution in [0.25, 0.3) is 0 Å². The third-order valence-electron chi connectivity index (χ3n) is 2.25. The number of hydrazine groups is 1. The molecule has 0 amide bonds. The van der Waals surface area contributed by atoms with Crippen molar-refractivity contribution in [2.75, 3.05) is 20.2 Å². The van der Waals surface area contributed by atoms with E-state index in [2.05, 4.69) is 34.4 Å². The molecule has 0 aromatic heterocycles. The van der Waals surface area contributed by atoms with Gasteiger partial charge in [-0.15, -0.1) is 0 Å². The smallest absolute Gasteiger partial charge is 0.118 e. The van der Waals surface area contributed by atoms with Gasteiger partial charge in [0.15, 0.2) is 0 Å². The Kier molecular flexibility index (Phi) is 2.58. The molecule has 2 heterocycles. The molecule has 0 spiro atoms. The van der Waals surface area contributed by atoms with Crippen LogP contribution in [0.15, 0.2) is 48.5 Å². The minimum atomic E-state index is 0.859. The molecule has 2 aliphatic rings. The van der Waals surface area contributed by atoms with Gasteiger partial charge < -0.3 is 4.74 Å². The Labute approximate surface area is 84.2 Å². The van der Waals surface area contributed by atoms with Gasteiger partial charge in [-0.2, -0.15) is 0 Å². The number of rotatable bonds is 2. The van der Waals surface area contributed by atoms with E-state index in [0.29, 0.717) is 0 Å². The maximum absolute atomic E-state index is 5.12. The number of methoxy groups -OCH3 is 1. The molecular formula is C11H14N2O. The number of hydrogen-bond donors (Lipinski definition) is 0. The number of nitrogens with zero attached hydrogens (tertiary/aromatic N) is 2. The fraction of sp³-hybridized carbons (Fsp3) is 0.273. The van der Waals surface area contributed by atoms with Gasteiger partial charge in [0.2, 0.25) is 0 Å². The maximum Gasteiger partial charge on any atom is 0.118 e. The monoisotopic (exact) mass is 190 g/mol. The summed E-state index contributed by atoms with van der Waals surface area (Å²) in [5.74, 6) is 0.929. The van der Waals surface area contributed by atoms with Crippen LogP contribution in [0.1, 0.15) is 0 Å². The molecule has 74 valence electrons. The lowest BCUT2D eigenvalue weighted by molar-refractivity contribution is 0.0984. The summed E-state index contributed by atoms with van der Waals surface area (Å²) in [4.78, 5) is 0. The van der Waals surface area contributed by atoms with Crippen molar-refractivity contribution in [2.45, 2.75) is 0 Å². The van der Waals surface area contributed by atoms with E-state index in [1.807, 2.05) is 18.4 Å². The third-order valence-corrected chi connectivity index (χ3v) is 2.25. The SMILES string of the molecule is COC1=CCN(N2C=CC=CC2)C=C1. The van der Waals surface area contributed by atoms with Crippen molar-refractivity contribution in [3.8, 4) is 0 Å². The average molecular weight is 190 g/mol. The molecule has 0 bridgehead atoms. The van der Waals surface area contributed by atoms with Gasteiger partial charge >= 0.3 is 0 Å². The van der Waals surface area contributed by atoms with E-state index in [1.54, 1.807) is 7.11 Å². The molecule has 0 aliphatic carbocycles. The quantitative estimate of drug-likeness (QED) is 0.658. The summed E-state index contributed by atoms with van der Waals surface area (Å²) in [6.07, 6.45) is 14.3. The average Bonchev–Trinajstić information content (AvgIpc) is 2.30. The predicted octanol–water partition coefficient (Wildman–Crippen LogP) is 1.65. The second-order valence-electron chi connectivity index (χ2n) is 3.14. The van der Waals surface area contributed by atoms with Gasteiger partial charge in [-0.3, -0.25) is 10.0 Å². The van der Waals surface area contributed by atoms with Crippen molar-refractivity contribution in [3.05, 3.63) is 48.5 Å². The molecule has 0 fully saturated rings. The van der Waals surface area contributed by atoms with Crippen molar-refractivity contribution in [1.82, 2.24) is 10.0 Å². The lowest BCUT2D eigenvalue weighted by Gasteiger charge is -2.34. The first-order valence-corrected chi connectivity index (χ1v) is 4.69. The molecular weight excluding hydrogens is 176 g/mol. The first kappa shape index (κ1) is 8.94. The highest BCUT2D eigenvalue weighted by atomic mass is 16.5. The summed E-state index contributed by atoms with van der Waals surface area (Å²) in [7, 11) is 1.69. The van der Waals surface area contributed by atoms with Crippen LogP contribution >= 0.6 is 0 Å². The largest absolute Gasteiger partial charge is 0.497 e. The van der Waals surface area contributed by atoms with Gasteiger partial charge in [-0.1, -0.05) is 12.2 Å². The second-order valence-corrected chi connectivity index (χ2v) is 3.14. The highest BCUT2D eigenvalue weighted by molar-refractivity contribution is 5.17. The van der Waals surface area contributed by atoms with E-state index in [1.165, 1.54) is 0 Å². The molecule has 14 heavy (non-hydrogen) atoms. The number of ether oxygens (including phenoxy) is 1. The van der Waals surface area contributed by atoms with Crippen molar-refractivity contribution >= 4 is 0 Å². The van der Waals surface area contributed by atoms with Gasteiger partial charge in [0, 0.05) is 12.4 Å². The molecule has 0 saturated heterocycles. The van der Waals surface area contributed by atoms with Crippen LogP contribution in [-0.2, 0) is 4.74 Å². The topological polar surface area (TPSA) is 15.7 Å². The van der Waals surface area contributed by atoms with Gasteiger partial charge in [0.25, 0.3) is 0 Å². The third kappa shape index (κ3) is 1.82. The Morgan fingerprint density at radius 1 is 1.14 bits per heavy atom. The van der Waals surface area contributed by atoms with E-state index in [-0.39, 0.29) is 0 Å². The molecule has 2 rings (SSSR count). The predicted molar refractivity (Wildman–Crippen MR) is 55.9 cm³/mol. The van der Waals surface area contributed by atoms with E-state index < -0.39 is 0 Å². The molecule has 2 aliphatic heterocycles. The van der Waals surface area contributed by atoms with E-state index in [9.17, 15) is 0 Å². The van der Waals surface area contributed by atoms with Gasteiger partial charge in [-0.25, -0.2) is 0 Å². The molecule has 0 aromatic rings. The Morgan fingerprint density at radius 2 is 2.00 bits per heavy atom.